The summed E-state index contributed by atoms with van der Waals surface area (Å²) in [4.78, 5) is 0. The molecule has 0 radical (unpaired) electrons. The van der Waals surface area contributed by atoms with E-state index in [2.05, 4.69) is 24.9 Å². The van der Waals surface area contributed by atoms with Crippen LogP contribution in [0.4, 0.5) is 0 Å². The van der Waals surface area contributed by atoms with Crippen LogP contribution in [-0.4, -0.2) is 7.05 Å². The van der Waals surface area contributed by atoms with Crippen LogP contribution in [-0.2, 0) is 0 Å². The first-order valence-corrected chi connectivity index (χ1v) is 4.94. The highest BCUT2D eigenvalue weighted by molar-refractivity contribution is 5.26. The summed E-state index contributed by atoms with van der Waals surface area (Å²) in [6.45, 7) is 12.0. The molecule has 1 N–H and O–H groups in total. The van der Waals surface area contributed by atoms with Gasteiger partial charge in [0.2, 0.25) is 0 Å². The van der Waals surface area contributed by atoms with Crippen molar-refractivity contribution in [1.82, 2.24) is 5.32 Å². The van der Waals surface area contributed by atoms with Crippen LogP contribution < -0.4 is 5.32 Å². The first kappa shape index (κ1) is 14.5. The van der Waals surface area contributed by atoms with Crippen molar-refractivity contribution in [3.05, 3.63) is 36.1 Å². The Bertz CT molecular complexity index is 176. The second-order valence-electron chi connectivity index (χ2n) is 2.36. The molecule has 0 aliphatic carbocycles. The third kappa shape index (κ3) is 8.93. The zero-order valence-corrected chi connectivity index (χ0v) is 9.65. The number of nitrogens with one attached hydrogen (secondary N) is 1. The summed E-state index contributed by atoms with van der Waals surface area (Å²) < 4.78 is 0. The minimum absolute atomic E-state index is 1.00. The van der Waals surface area contributed by atoms with E-state index in [1.807, 2.05) is 40.0 Å². The lowest BCUT2D eigenvalue weighted by atomic mass is 10.2. The molecule has 0 bridgehead atoms. The molecular weight excluding hydrogens is 158 g/mol. The summed E-state index contributed by atoms with van der Waals surface area (Å²) in [6, 6.07) is 0. The molecule has 0 spiro atoms. The van der Waals surface area contributed by atoms with Gasteiger partial charge in [-0.1, -0.05) is 39.0 Å². The molecule has 0 aliphatic rings. The fourth-order valence-corrected chi connectivity index (χ4v) is 0.705. The number of likely N-dealkylation sites (N-methyl/N-ethyl adjacent to an activating group) is 1. The average Bonchev–Trinajstić information content (AvgIpc) is 2.20. The van der Waals surface area contributed by atoms with Gasteiger partial charge >= 0.3 is 0 Å². The summed E-state index contributed by atoms with van der Waals surface area (Å²) in [5.41, 5.74) is 2.26. The molecule has 13 heavy (non-hydrogen) atoms. The van der Waals surface area contributed by atoms with E-state index in [4.69, 9.17) is 0 Å². The van der Waals surface area contributed by atoms with Crippen molar-refractivity contribution < 1.29 is 0 Å². The van der Waals surface area contributed by atoms with Gasteiger partial charge in [0.25, 0.3) is 0 Å². The molecule has 0 saturated carbocycles. The zero-order valence-electron chi connectivity index (χ0n) is 9.65. The standard InChI is InChI=1S/C10H17N.C2H6/c1-5-7-10(11-4)8-9(3)6-2;1-2/h5,7-8,11H,3,6H2,1-2,4H3;1-2H3/b7-5-,10-8+;. The largest absolute Gasteiger partial charge is 0.388 e. The van der Waals surface area contributed by atoms with E-state index in [1.165, 1.54) is 0 Å². The molecule has 0 saturated heterocycles. The van der Waals surface area contributed by atoms with Crippen LogP contribution in [0.1, 0.15) is 34.1 Å². The summed E-state index contributed by atoms with van der Waals surface area (Å²) in [5, 5.41) is 3.08. The van der Waals surface area contributed by atoms with Gasteiger partial charge in [-0.25, -0.2) is 0 Å². The molecule has 0 aromatic heterocycles. The molecule has 0 heterocycles. The van der Waals surface area contributed by atoms with Crippen molar-refractivity contribution >= 4 is 0 Å². The molecule has 0 aromatic rings. The normalized spacial score (nSPS) is 10.7. The Hall–Kier alpha value is -0.980. The van der Waals surface area contributed by atoms with Crippen molar-refractivity contribution in [2.75, 3.05) is 7.05 Å². The number of allylic oxidation sites excluding steroid dienone is 4. The van der Waals surface area contributed by atoms with Crippen LogP contribution in [0, 0.1) is 0 Å². The fourth-order valence-electron chi connectivity index (χ4n) is 0.705. The van der Waals surface area contributed by atoms with Gasteiger partial charge < -0.3 is 5.32 Å². The number of rotatable bonds is 4. The minimum Gasteiger partial charge on any atom is -0.388 e. The lowest BCUT2D eigenvalue weighted by Gasteiger charge is -2.00. The Balaban J connectivity index is 0. The number of hydrogen-bond acceptors (Lipinski definition) is 1. The quantitative estimate of drug-likeness (QED) is 0.653. The summed E-state index contributed by atoms with van der Waals surface area (Å²) in [6.07, 6.45) is 7.09. The Morgan fingerprint density at radius 3 is 2.23 bits per heavy atom. The van der Waals surface area contributed by atoms with Crippen molar-refractivity contribution in [1.29, 1.82) is 0 Å². The van der Waals surface area contributed by atoms with Crippen molar-refractivity contribution in [3.8, 4) is 0 Å². The molecule has 1 nitrogen and oxygen atoms in total. The molecule has 0 atom stereocenters. The van der Waals surface area contributed by atoms with E-state index in [1.54, 1.807) is 0 Å². The lowest BCUT2D eigenvalue weighted by Crippen LogP contribution is -2.02. The Labute approximate surface area is 83.2 Å². The van der Waals surface area contributed by atoms with Crippen molar-refractivity contribution in [2.24, 2.45) is 0 Å². The molecule has 0 unspecified atom stereocenters. The van der Waals surface area contributed by atoms with Gasteiger partial charge in [0.1, 0.15) is 0 Å². The molecule has 0 rings (SSSR count). The topological polar surface area (TPSA) is 12.0 Å². The van der Waals surface area contributed by atoms with Crippen molar-refractivity contribution in [2.45, 2.75) is 34.1 Å². The van der Waals surface area contributed by atoms with Crippen molar-refractivity contribution in [3.63, 3.8) is 0 Å². The van der Waals surface area contributed by atoms with Gasteiger partial charge in [-0.2, -0.15) is 0 Å². The Kier molecular flexibility index (Phi) is 12.3. The third-order valence-electron chi connectivity index (χ3n) is 1.45. The fraction of sp³-hybridized carbons (Fsp3) is 0.500. The molecule has 0 aliphatic heterocycles. The predicted molar refractivity (Wildman–Crippen MR) is 62.7 cm³/mol. The molecule has 0 fully saturated rings. The highest BCUT2D eigenvalue weighted by Gasteiger charge is 1.87. The van der Waals surface area contributed by atoms with E-state index in [0.717, 1.165) is 17.7 Å². The van der Waals surface area contributed by atoms with E-state index in [0.29, 0.717) is 0 Å². The minimum atomic E-state index is 1.00. The second kappa shape index (κ2) is 11.0. The first-order valence-electron chi connectivity index (χ1n) is 4.94. The van der Waals surface area contributed by atoms with E-state index >= 15 is 0 Å². The lowest BCUT2D eigenvalue weighted by molar-refractivity contribution is 1.02. The number of hydrogen-bond donors (Lipinski definition) is 1. The third-order valence-corrected chi connectivity index (χ3v) is 1.45. The Morgan fingerprint density at radius 1 is 1.38 bits per heavy atom. The van der Waals surface area contributed by atoms with Crippen LogP contribution in [0.2, 0.25) is 0 Å². The SMILES string of the molecule is C=C(/C=C(\C=C/C)NC)CC.CC. The van der Waals surface area contributed by atoms with Crippen LogP contribution in [0.5, 0.6) is 0 Å². The summed E-state index contributed by atoms with van der Waals surface area (Å²) in [7, 11) is 1.91. The molecular formula is C12H23N. The van der Waals surface area contributed by atoms with Gasteiger partial charge in [0, 0.05) is 12.7 Å². The van der Waals surface area contributed by atoms with Gasteiger partial charge in [0.15, 0.2) is 0 Å². The summed E-state index contributed by atoms with van der Waals surface area (Å²) in [5.74, 6) is 0. The van der Waals surface area contributed by atoms with Crippen LogP contribution in [0.3, 0.4) is 0 Å². The van der Waals surface area contributed by atoms with Gasteiger partial charge in [-0.3, -0.25) is 0 Å². The van der Waals surface area contributed by atoms with Crippen LogP contribution in [0.25, 0.3) is 0 Å². The highest BCUT2D eigenvalue weighted by Crippen LogP contribution is 2.02. The van der Waals surface area contributed by atoms with Gasteiger partial charge in [-0.15, -0.1) is 0 Å². The zero-order chi connectivity index (χ0) is 10.7. The monoisotopic (exact) mass is 181 g/mol. The van der Waals surface area contributed by atoms with Crippen LogP contribution >= 0.6 is 0 Å². The maximum atomic E-state index is 3.89. The first-order chi connectivity index (χ1) is 6.24. The summed E-state index contributed by atoms with van der Waals surface area (Å²) >= 11 is 0. The predicted octanol–water partition coefficient (Wildman–Crippen LogP) is 3.66. The maximum Gasteiger partial charge on any atom is 0.0336 e. The Morgan fingerprint density at radius 2 is 1.92 bits per heavy atom. The van der Waals surface area contributed by atoms with E-state index < -0.39 is 0 Å². The highest BCUT2D eigenvalue weighted by atomic mass is 14.8. The maximum absolute atomic E-state index is 3.89. The molecule has 76 valence electrons. The second-order valence-corrected chi connectivity index (χ2v) is 2.36. The van der Waals surface area contributed by atoms with E-state index in [-0.39, 0.29) is 0 Å². The van der Waals surface area contributed by atoms with Crippen LogP contribution in [0.15, 0.2) is 36.1 Å². The molecule has 1 heteroatoms. The van der Waals surface area contributed by atoms with E-state index in [9.17, 15) is 0 Å². The molecule has 0 amide bonds. The molecule has 0 aromatic carbocycles. The van der Waals surface area contributed by atoms with Gasteiger partial charge in [-0.05, 0) is 25.5 Å². The van der Waals surface area contributed by atoms with Gasteiger partial charge in [0.05, 0.1) is 0 Å². The smallest absolute Gasteiger partial charge is 0.0336 e. The average molecular weight is 181 g/mol.